The van der Waals surface area contributed by atoms with Gasteiger partial charge in [0.1, 0.15) is 16.7 Å². The van der Waals surface area contributed by atoms with Gasteiger partial charge in [0.25, 0.3) is 5.91 Å². The van der Waals surface area contributed by atoms with E-state index >= 15 is 0 Å². The maximum absolute atomic E-state index is 12.9. The summed E-state index contributed by atoms with van der Waals surface area (Å²) < 4.78 is 6.37. The van der Waals surface area contributed by atoms with Gasteiger partial charge in [0, 0.05) is 5.02 Å². The first-order valence-electron chi connectivity index (χ1n) is 9.87. The normalized spacial score (nSPS) is 15.0. The van der Waals surface area contributed by atoms with E-state index in [0.717, 1.165) is 16.7 Å². The molecular formula is C25H19Cl2NO2S2. The second-order valence-corrected chi connectivity index (χ2v) is 9.88. The zero-order valence-corrected chi connectivity index (χ0v) is 20.3. The summed E-state index contributed by atoms with van der Waals surface area (Å²) in [5, 5.41) is 1.16. The van der Waals surface area contributed by atoms with Crippen LogP contribution in [0.15, 0.2) is 71.6 Å². The number of hydrogen-bond donors (Lipinski definition) is 0. The molecule has 7 heteroatoms. The molecule has 1 saturated heterocycles. The summed E-state index contributed by atoms with van der Waals surface area (Å²) in [7, 11) is 0. The molecule has 1 aliphatic rings. The number of aryl methyl sites for hydroxylation is 1. The van der Waals surface area contributed by atoms with Crippen molar-refractivity contribution < 1.29 is 9.53 Å². The highest BCUT2D eigenvalue weighted by molar-refractivity contribution is 8.26. The van der Waals surface area contributed by atoms with Crippen molar-refractivity contribution in [2.45, 2.75) is 20.1 Å². The zero-order valence-electron chi connectivity index (χ0n) is 17.2. The monoisotopic (exact) mass is 499 g/mol. The molecule has 3 nitrogen and oxygen atoms in total. The standard InChI is InChI=1S/C25H19Cl2NO2S2/c1-16-2-4-17(5-3-16)14-28-24(29)23(32-25(28)31)13-19-8-11-22(21(27)12-19)30-15-18-6-9-20(26)10-7-18/h2-13H,14-15H2,1H3. The van der Waals surface area contributed by atoms with Crippen molar-refractivity contribution in [2.24, 2.45) is 0 Å². The fourth-order valence-corrected chi connectivity index (χ4v) is 4.75. The van der Waals surface area contributed by atoms with Crippen molar-refractivity contribution in [1.29, 1.82) is 0 Å². The Hall–Kier alpha value is -2.31. The summed E-state index contributed by atoms with van der Waals surface area (Å²) in [4.78, 5) is 15.1. The van der Waals surface area contributed by atoms with E-state index in [2.05, 4.69) is 0 Å². The van der Waals surface area contributed by atoms with Gasteiger partial charge in [-0.1, -0.05) is 95.2 Å². The molecular weight excluding hydrogens is 481 g/mol. The van der Waals surface area contributed by atoms with Gasteiger partial charge >= 0.3 is 0 Å². The fraction of sp³-hybridized carbons (Fsp3) is 0.120. The van der Waals surface area contributed by atoms with Crippen LogP contribution in [0.1, 0.15) is 22.3 Å². The molecule has 0 atom stereocenters. The first-order valence-corrected chi connectivity index (χ1v) is 11.8. The van der Waals surface area contributed by atoms with Gasteiger partial charge in [0.15, 0.2) is 0 Å². The molecule has 0 spiro atoms. The number of carbonyl (C=O) groups excluding carboxylic acids is 1. The number of halogens is 2. The number of amides is 1. The van der Waals surface area contributed by atoms with Crippen LogP contribution in [0.3, 0.4) is 0 Å². The van der Waals surface area contributed by atoms with Crippen molar-refractivity contribution >= 4 is 63.5 Å². The minimum absolute atomic E-state index is 0.0974. The number of rotatable bonds is 6. The Labute approximate surface area is 207 Å². The van der Waals surface area contributed by atoms with E-state index in [0.29, 0.717) is 38.2 Å². The van der Waals surface area contributed by atoms with Crippen LogP contribution in [0.5, 0.6) is 5.75 Å². The van der Waals surface area contributed by atoms with Gasteiger partial charge in [0.2, 0.25) is 0 Å². The van der Waals surface area contributed by atoms with Crippen molar-refractivity contribution in [3.05, 3.63) is 104 Å². The Bertz CT molecular complexity index is 1190. The third-order valence-electron chi connectivity index (χ3n) is 4.90. The molecule has 1 heterocycles. The highest BCUT2D eigenvalue weighted by Gasteiger charge is 2.32. The Morgan fingerprint density at radius 1 is 1.00 bits per heavy atom. The predicted molar refractivity (Wildman–Crippen MR) is 137 cm³/mol. The number of hydrogen-bond acceptors (Lipinski definition) is 4. The van der Waals surface area contributed by atoms with Crippen LogP contribution in [0.2, 0.25) is 10.0 Å². The Kier molecular flexibility index (Phi) is 7.21. The lowest BCUT2D eigenvalue weighted by molar-refractivity contribution is -0.122. The third kappa shape index (κ3) is 5.54. The van der Waals surface area contributed by atoms with Gasteiger partial charge in [0.05, 0.1) is 16.5 Å². The molecule has 1 aliphatic heterocycles. The van der Waals surface area contributed by atoms with Gasteiger partial charge in [-0.15, -0.1) is 0 Å². The molecule has 1 fully saturated rings. The SMILES string of the molecule is Cc1ccc(CN2C(=O)C(=Cc3ccc(OCc4ccc(Cl)cc4)c(Cl)c3)SC2=S)cc1. The number of thioether (sulfide) groups is 1. The molecule has 4 rings (SSSR count). The minimum atomic E-state index is -0.0974. The average molecular weight is 500 g/mol. The highest BCUT2D eigenvalue weighted by Crippen LogP contribution is 2.35. The Morgan fingerprint density at radius 2 is 1.69 bits per heavy atom. The van der Waals surface area contributed by atoms with Crippen molar-refractivity contribution in [1.82, 2.24) is 4.90 Å². The third-order valence-corrected chi connectivity index (χ3v) is 6.82. The van der Waals surface area contributed by atoms with Gasteiger partial charge in [-0.05, 0) is 54.0 Å². The maximum atomic E-state index is 12.9. The summed E-state index contributed by atoms with van der Waals surface area (Å²) in [6, 6.07) is 21.0. The van der Waals surface area contributed by atoms with E-state index < -0.39 is 0 Å². The van der Waals surface area contributed by atoms with E-state index in [1.165, 1.54) is 17.3 Å². The number of nitrogens with zero attached hydrogens (tertiary/aromatic N) is 1. The molecule has 1 amide bonds. The second kappa shape index (κ2) is 10.1. The topological polar surface area (TPSA) is 29.5 Å². The van der Waals surface area contributed by atoms with E-state index in [1.807, 2.05) is 67.6 Å². The minimum Gasteiger partial charge on any atom is -0.487 e. The maximum Gasteiger partial charge on any atom is 0.266 e. The molecule has 3 aromatic rings. The zero-order chi connectivity index (χ0) is 22.7. The van der Waals surface area contributed by atoms with Gasteiger partial charge < -0.3 is 4.74 Å². The Morgan fingerprint density at radius 3 is 2.38 bits per heavy atom. The first kappa shape index (κ1) is 22.9. The van der Waals surface area contributed by atoms with Crippen LogP contribution >= 0.6 is 47.2 Å². The molecule has 0 N–H and O–H groups in total. The number of benzene rings is 3. The number of carbonyl (C=O) groups is 1. The first-order chi connectivity index (χ1) is 15.4. The summed E-state index contributed by atoms with van der Waals surface area (Å²) in [6.07, 6.45) is 1.81. The molecule has 32 heavy (non-hydrogen) atoms. The lowest BCUT2D eigenvalue weighted by Gasteiger charge is -2.14. The van der Waals surface area contributed by atoms with Crippen molar-refractivity contribution in [2.75, 3.05) is 0 Å². The molecule has 0 bridgehead atoms. The largest absolute Gasteiger partial charge is 0.487 e. The molecule has 0 radical (unpaired) electrons. The fourth-order valence-electron chi connectivity index (χ4n) is 3.13. The predicted octanol–water partition coefficient (Wildman–Crippen LogP) is 7.28. The summed E-state index contributed by atoms with van der Waals surface area (Å²) >= 11 is 19.1. The van der Waals surface area contributed by atoms with Crippen LogP contribution in [-0.2, 0) is 17.9 Å². The molecule has 162 valence electrons. The van der Waals surface area contributed by atoms with Crippen LogP contribution in [0.25, 0.3) is 6.08 Å². The smallest absolute Gasteiger partial charge is 0.266 e. The van der Waals surface area contributed by atoms with Crippen LogP contribution < -0.4 is 4.74 Å². The summed E-state index contributed by atoms with van der Waals surface area (Å²) in [5.41, 5.74) is 4.02. The number of ether oxygens (including phenoxy) is 1. The van der Waals surface area contributed by atoms with E-state index in [1.54, 1.807) is 17.0 Å². The lowest BCUT2D eigenvalue weighted by atomic mass is 10.1. The summed E-state index contributed by atoms with van der Waals surface area (Å²) in [5.74, 6) is 0.477. The number of thiocarbonyl (C=S) groups is 1. The van der Waals surface area contributed by atoms with Crippen LogP contribution in [0.4, 0.5) is 0 Å². The van der Waals surface area contributed by atoms with Crippen LogP contribution in [-0.4, -0.2) is 15.1 Å². The average Bonchev–Trinajstić information content (AvgIpc) is 3.03. The van der Waals surface area contributed by atoms with Crippen LogP contribution in [0, 0.1) is 6.92 Å². The molecule has 0 unspecified atom stereocenters. The van der Waals surface area contributed by atoms with Crippen molar-refractivity contribution in [3.63, 3.8) is 0 Å². The van der Waals surface area contributed by atoms with Crippen molar-refractivity contribution in [3.8, 4) is 5.75 Å². The van der Waals surface area contributed by atoms with Gasteiger partial charge in [-0.25, -0.2) is 0 Å². The quantitative estimate of drug-likeness (QED) is 0.263. The van der Waals surface area contributed by atoms with E-state index in [9.17, 15) is 4.79 Å². The van der Waals surface area contributed by atoms with E-state index in [-0.39, 0.29) is 5.91 Å². The highest BCUT2D eigenvalue weighted by atomic mass is 35.5. The van der Waals surface area contributed by atoms with E-state index in [4.69, 9.17) is 40.2 Å². The molecule has 0 saturated carbocycles. The van der Waals surface area contributed by atoms with Gasteiger partial charge in [-0.3, -0.25) is 9.69 Å². The second-order valence-electron chi connectivity index (χ2n) is 7.36. The molecule has 0 aromatic heterocycles. The molecule has 3 aromatic carbocycles. The lowest BCUT2D eigenvalue weighted by Crippen LogP contribution is -2.27. The Balaban J connectivity index is 1.44. The molecule has 0 aliphatic carbocycles. The summed E-state index contributed by atoms with van der Waals surface area (Å²) in [6.45, 7) is 2.87. The van der Waals surface area contributed by atoms with Gasteiger partial charge in [-0.2, -0.15) is 0 Å².